The van der Waals surface area contributed by atoms with Crippen LogP contribution in [0.25, 0.3) is 10.9 Å². The topological polar surface area (TPSA) is 22.0 Å². The fourth-order valence-electron chi connectivity index (χ4n) is 3.22. The van der Waals surface area contributed by atoms with Gasteiger partial charge in [0.15, 0.2) is 0 Å². The van der Waals surface area contributed by atoms with Crippen molar-refractivity contribution < 1.29 is 0 Å². The summed E-state index contributed by atoms with van der Waals surface area (Å²) in [6, 6.07) is 14.4. The lowest BCUT2D eigenvalue weighted by Crippen LogP contribution is -2.21. The molecule has 0 amide bonds. The first-order valence-electron chi connectivity index (χ1n) is 7.62. The molecule has 0 saturated heterocycles. The van der Waals surface area contributed by atoms with Gasteiger partial charge in [0.25, 0.3) is 5.56 Å². The summed E-state index contributed by atoms with van der Waals surface area (Å²) >= 11 is 0. The van der Waals surface area contributed by atoms with Crippen LogP contribution >= 0.6 is 0 Å². The maximum Gasteiger partial charge on any atom is 0.251 e. The summed E-state index contributed by atoms with van der Waals surface area (Å²) in [4.78, 5) is 12.5. The molecule has 2 nitrogen and oxygen atoms in total. The van der Waals surface area contributed by atoms with Gasteiger partial charge in [0.1, 0.15) is 0 Å². The van der Waals surface area contributed by atoms with Crippen LogP contribution in [0.15, 0.2) is 47.3 Å². The average molecular weight is 291 g/mol. The van der Waals surface area contributed by atoms with E-state index in [4.69, 9.17) is 0 Å². The van der Waals surface area contributed by atoms with E-state index in [2.05, 4.69) is 51.1 Å². The number of aromatic nitrogens is 1. The van der Waals surface area contributed by atoms with E-state index in [9.17, 15) is 4.79 Å². The average Bonchev–Trinajstić information content (AvgIpc) is 2.43. The van der Waals surface area contributed by atoms with Gasteiger partial charge in [-0.15, -0.1) is 0 Å². The molecule has 3 rings (SSSR count). The molecule has 3 aromatic rings. The minimum Gasteiger partial charge on any atom is -0.304 e. The van der Waals surface area contributed by atoms with Gasteiger partial charge in [-0.3, -0.25) is 4.79 Å². The first kappa shape index (κ1) is 14.6. The van der Waals surface area contributed by atoms with Gasteiger partial charge in [0, 0.05) is 11.5 Å². The Morgan fingerprint density at radius 1 is 0.864 bits per heavy atom. The summed E-state index contributed by atoms with van der Waals surface area (Å²) in [5.74, 6) is 0. The molecule has 0 saturated carbocycles. The Bertz CT molecular complexity index is 919. The molecule has 0 aliphatic rings. The molecule has 2 aromatic carbocycles. The van der Waals surface area contributed by atoms with Crippen molar-refractivity contribution >= 4 is 10.9 Å². The number of rotatable bonds is 2. The molecule has 0 fully saturated rings. The highest BCUT2D eigenvalue weighted by molar-refractivity contribution is 5.86. The Morgan fingerprint density at radius 2 is 1.64 bits per heavy atom. The molecule has 1 heterocycles. The molecule has 0 aliphatic carbocycles. The molecular formula is C20H21NO. The second kappa shape index (κ2) is 5.45. The molecule has 0 N–H and O–H groups in total. The first-order chi connectivity index (χ1) is 10.5. The lowest BCUT2D eigenvalue weighted by molar-refractivity contribution is 0.789. The highest BCUT2D eigenvalue weighted by Crippen LogP contribution is 2.23. The number of benzene rings is 2. The summed E-state index contributed by atoms with van der Waals surface area (Å²) in [5.41, 5.74) is 6.93. The minimum atomic E-state index is 0.0680. The molecule has 0 radical (unpaired) electrons. The molecule has 2 heteroatoms. The van der Waals surface area contributed by atoms with Crippen LogP contribution in [0.3, 0.4) is 0 Å². The van der Waals surface area contributed by atoms with Crippen LogP contribution in [0.2, 0.25) is 0 Å². The molecular weight excluding hydrogens is 270 g/mol. The van der Waals surface area contributed by atoms with Crippen molar-refractivity contribution in [2.75, 3.05) is 0 Å². The SMILES string of the molecule is Cc1cccc(Cn2c(=O)cc(C)c3cc(C)cc(C)c32)c1. The molecule has 1 aromatic heterocycles. The Morgan fingerprint density at radius 3 is 2.36 bits per heavy atom. The lowest BCUT2D eigenvalue weighted by atomic mass is 10.0. The van der Waals surface area contributed by atoms with Crippen LogP contribution in [0.1, 0.15) is 27.8 Å². The normalized spacial score (nSPS) is 11.1. The van der Waals surface area contributed by atoms with Gasteiger partial charge < -0.3 is 4.57 Å². The zero-order chi connectivity index (χ0) is 15.9. The van der Waals surface area contributed by atoms with Crippen LogP contribution in [0.4, 0.5) is 0 Å². The van der Waals surface area contributed by atoms with Crippen LogP contribution in [-0.2, 0) is 6.54 Å². The van der Waals surface area contributed by atoms with E-state index < -0.39 is 0 Å². The number of hydrogen-bond donors (Lipinski definition) is 0. The fraction of sp³-hybridized carbons (Fsp3) is 0.250. The van der Waals surface area contributed by atoms with Crippen molar-refractivity contribution in [3.63, 3.8) is 0 Å². The third-order valence-electron chi connectivity index (χ3n) is 4.17. The summed E-state index contributed by atoms with van der Waals surface area (Å²) in [5, 5.41) is 1.17. The largest absolute Gasteiger partial charge is 0.304 e. The molecule has 0 spiro atoms. The predicted octanol–water partition coefficient (Wildman–Crippen LogP) is 4.28. The van der Waals surface area contributed by atoms with Crippen molar-refractivity contribution in [2.24, 2.45) is 0 Å². The van der Waals surface area contributed by atoms with Crippen LogP contribution < -0.4 is 5.56 Å². The van der Waals surface area contributed by atoms with E-state index in [1.165, 1.54) is 16.5 Å². The van der Waals surface area contributed by atoms with Crippen LogP contribution in [-0.4, -0.2) is 4.57 Å². The van der Waals surface area contributed by atoms with Crippen molar-refractivity contribution in [3.8, 4) is 0 Å². The van der Waals surface area contributed by atoms with Gasteiger partial charge in [-0.1, -0.05) is 41.5 Å². The van der Waals surface area contributed by atoms with Crippen molar-refractivity contribution in [3.05, 3.63) is 80.6 Å². The predicted molar refractivity (Wildman–Crippen MR) is 92.7 cm³/mol. The van der Waals surface area contributed by atoms with Gasteiger partial charge in [-0.25, -0.2) is 0 Å². The standard InChI is InChI=1S/C20H21NO/c1-13-6-5-7-17(9-13)12-21-19(22)11-15(3)18-10-14(2)8-16(4)20(18)21/h5-11H,12H2,1-4H3. The van der Waals surface area contributed by atoms with E-state index in [-0.39, 0.29) is 5.56 Å². The Hall–Kier alpha value is -2.35. The maximum atomic E-state index is 12.5. The number of nitrogens with zero attached hydrogens (tertiary/aromatic N) is 1. The highest BCUT2D eigenvalue weighted by Gasteiger charge is 2.10. The molecule has 0 unspecified atom stereocenters. The number of aryl methyl sites for hydroxylation is 4. The van der Waals surface area contributed by atoms with E-state index in [0.717, 1.165) is 22.2 Å². The smallest absolute Gasteiger partial charge is 0.251 e. The van der Waals surface area contributed by atoms with Crippen molar-refractivity contribution in [1.82, 2.24) is 4.57 Å². The molecule has 0 atom stereocenters. The number of pyridine rings is 1. The van der Waals surface area contributed by atoms with E-state index in [1.807, 2.05) is 17.6 Å². The van der Waals surface area contributed by atoms with Crippen molar-refractivity contribution in [2.45, 2.75) is 34.2 Å². The maximum absolute atomic E-state index is 12.5. The zero-order valence-corrected chi connectivity index (χ0v) is 13.6. The van der Waals surface area contributed by atoms with Gasteiger partial charge in [-0.05, 0) is 50.5 Å². The first-order valence-corrected chi connectivity index (χ1v) is 7.62. The van der Waals surface area contributed by atoms with Gasteiger partial charge in [0.05, 0.1) is 12.1 Å². The summed E-state index contributed by atoms with van der Waals surface area (Å²) in [6.45, 7) is 8.89. The van der Waals surface area contributed by atoms with Gasteiger partial charge in [0.2, 0.25) is 0 Å². The Balaban J connectivity index is 2.27. The summed E-state index contributed by atoms with van der Waals surface area (Å²) in [7, 11) is 0. The minimum absolute atomic E-state index is 0.0680. The number of fused-ring (bicyclic) bond motifs is 1. The second-order valence-electron chi connectivity index (χ2n) is 6.22. The quantitative estimate of drug-likeness (QED) is 0.690. The highest BCUT2D eigenvalue weighted by atomic mass is 16.1. The summed E-state index contributed by atoms with van der Waals surface area (Å²) < 4.78 is 1.89. The fourth-order valence-corrected chi connectivity index (χ4v) is 3.22. The third-order valence-corrected chi connectivity index (χ3v) is 4.17. The Kier molecular flexibility index (Phi) is 3.61. The van der Waals surface area contributed by atoms with Crippen LogP contribution in [0.5, 0.6) is 0 Å². The molecule has 0 aliphatic heterocycles. The summed E-state index contributed by atoms with van der Waals surface area (Å²) in [6.07, 6.45) is 0. The monoisotopic (exact) mass is 291 g/mol. The van der Waals surface area contributed by atoms with Gasteiger partial charge >= 0.3 is 0 Å². The lowest BCUT2D eigenvalue weighted by Gasteiger charge is -2.15. The van der Waals surface area contributed by atoms with Crippen molar-refractivity contribution in [1.29, 1.82) is 0 Å². The molecule has 112 valence electrons. The van der Waals surface area contributed by atoms with E-state index >= 15 is 0 Å². The Labute approximate surface area is 131 Å². The second-order valence-corrected chi connectivity index (χ2v) is 6.22. The number of hydrogen-bond acceptors (Lipinski definition) is 1. The molecule has 0 bridgehead atoms. The van der Waals surface area contributed by atoms with Gasteiger partial charge in [-0.2, -0.15) is 0 Å². The van der Waals surface area contributed by atoms with E-state index in [1.54, 1.807) is 6.07 Å². The van der Waals surface area contributed by atoms with Crippen LogP contribution in [0, 0.1) is 27.7 Å². The van der Waals surface area contributed by atoms with E-state index in [0.29, 0.717) is 6.54 Å². The zero-order valence-electron chi connectivity index (χ0n) is 13.6. The molecule has 22 heavy (non-hydrogen) atoms. The third kappa shape index (κ3) is 2.57.